The molecule has 1 atom stereocenters. The maximum absolute atomic E-state index is 9.77. The van der Waals surface area contributed by atoms with Crippen LogP contribution in [0.1, 0.15) is 43.3 Å². The van der Waals surface area contributed by atoms with Crippen LogP contribution in [-0.4, -0.2) is 10.1 Å². The summed E-state index contributed by atoms with van der Waals surface area (Å²) in [6.45, 7) is 6.00. The Morgan fingerprint density at radius 3 is 2.40 bits per heavy atom. The van der Waals surface area contributed by atoms with Crippen LogP contribution in [0.15, 0.2) is 36.4 Å². The molecule has 3 nitrogen and oxygen atoms in total. The molecule has 0 bridgehead atoms. The van der Waals surface area contributed by atoms with Gasteiger partial charge in [-0.2, -0.15) is 0 Å². The Labute approximate surface area is 120 Å². The van der Waals surface area contributed by atoms with E-state index in [4.69, 9.17) is 4.74 Å². The van der Waals surface area contributed by atoms with Crippen molar-refractivity contribution < 1.29 is 9.84 Å². The lowest BCUT2D eigenvalue weighted by atomic mass is 10.1. The van der Waals surface area contributed by atoms with Crippen LogP contribution in [0.4, 0.5) is 0 Å². The van der Waals surface area contributed by atoms with Crippen molar-refractivity contribution in [3.63, 3.8) is 0 Å². The van der Waals surface area contributed by atoms with Crippen molar-refractivity contribution in [1.29, 1.82) is 0 Å². The summed E-state index contributed by atoms with van der Waals surface area (Å²) in [4.78, 5) is 4.48. The number of pyridine rings is 1. The Morgan fingerprint density at radius 1 is 1.10 bits per heavy atom. The van der Waals surface area contributed by atoms with E-state index in [1.807, 2.05) is 50.2 Å². The highest BCUT2D eigenvalue weighted by Crippen LogP contribution is 2.26. The fourth-order valence-electron chi connectivity index (χ4n) is 2.06. The second-order valence-electron chi connectivity index (χ2n) is 4.85. The summed E-state index contributed by atoms with van der Waals surface area (Å²) in [6, 6.07) is 11.5. The molecule has 20 heavy (non-hydrogen) atoms. The molecule has 2 rings (SSSR count). The average molecular weight is 271 g/mol. The fraction of sp³-hybridized carbons (Fsp3) is 0.353. The summed E-state index contributed by atoms with van der Waals surface area (Å²) in [7, 11) is 0. The Morgan fingerprint density at radius 2 is 1.80 bits per heavy atom. The van der Waals surface area contributed by atoms with Gasteiger partial charge in [0.1, 0.15) is 11.5 Å². The summed E-state index contributed by atoms with van der Waals surface area (Å²) in [5.41, 5.74) is 2.87. The number of benzene rings is 1. The number of aromatic nitrogens is 1. The molecule has 0 aliphatic carbocycles. The lowest BCUT2D eigenvalue weighted by Crippen LogP contribution is -1.97. The van der Waals surface area contributed by atoms with Gasteiger partial charge >= 0.3 is 0 Å². The molecule has 1 heterocycles. The van der Waals surface area contributed by atoms with Crippen molar-refractivity contribution in [3.05, 3.63) is 53.3 Å². The normalized spacial score (nSPS) is 12.2. The maximum Gasteiger partial charge on any atom is 0.148 e. The molecule has 0 saturated carbocycles. The van der Waals surface area contributed by atoms with Crippen molar-refractivity contribution >= 4 is 0 Å². The van der Waals surface area contributed by atoms with Gasteiger partial charge in [0.2, 0.25) is 0 Å². The van der Waals surface area contributed by atoms with Gasteiger partial charge in [-0.1, -0.05) is 26.0 Å². The molecule has 0 saturated heterocycles. The van der Waals surface area contributed by atoms with Crippen molar-refractivity contribution in [3.8, 4) is 11.5 Å². The van der Waals surface area contributed by atoms with Crippen molar-refractivity contribution in [2.45, 2.75) is 39.7 Å². The molecule has 0 amide bonds. The van der Waals surface area contributed by atoms with Gasteiger partial charge in [-0.25, -0.2) is 0 Å². The van der Waals surface area contributed by atoms with Gasteiger partial charge in [0.25, 0.3) is 0 Å². The number of aryl methyl sites for hydroxylation is 2. The average Bonchev–Trinajstić information content (AvgIpc) is 2.49. The van der Waals surface area contributed by atoms with E-state index in [-0.39, 0.29) is 0 Å². The molecule has 1 aromatic heterocycles. The van der Waals surface area contributed by atoms with Gasteiger partial charge < -0.3 is 9.84 Å². The van der Waals surface area contributed by atoms with Crippen LogP contribution in [0.2, 0.25) is 0 Å². The van der Waals surface area contributed by atoms with E-state index >= 15 is 0 Å². The highest BCUT2D eigenvalue weighted by molar-refractivity contribution is 5.36. The van der Waals surface area contributed by atoms with E-state index in [2.05, 4.69) is 11.9 Å². The third kappa shape index (κ3) is 3.36. The Balaban J connectivity index is 2.18. The van der Waals surface area contributed by atoms with Gasteiger partial charge in [-0.05, 0) is 49.6 Å². The molecule has 106 valence electrons. The topological polar surface area (TPSA) is 42.4 Å². The number of aliphatic hydroxyl groups is 1. The van der Waals surface area contributed by atoms with Crippen molar-refractivity contribution in [2.24, 2.45) is 0 Å². The minimum absolute atomic E-state index is 0.406. The predicted octanol–water partition coefficient (Wildman–Crippen LogP) is 4.19. The first kappa shape index (κ1) is 14.5. The number of ether oxygens (including phenoxy) is 1. The molecule has 0 unspecified atom stereocenters. The number of hydrogen-bond acceptors (Lipinski definition) is 3. The van der Waals surface area contributed by atoms with Crippen LogP contribution in [0.3, 0.4) is 0 Å². The van der Waals surface area contributed by atoms with E-state index in [9.17, 15) is 5.11 Å². The van der Waals surface area contributed by atoms with Crippen LogP contribution in [0.25, 0.3) is 0 Å². The number of hydrogen-bond donors (Lipinski definition) is 1. The minimum atomic E-state index is -0.406. The zero-order chi connectivity index (χ0) is 14.5. The Bertz CT molecular complexity index is 564. The van der Waals surface area contributed by atoms with E-state index in [1.54, 1.807) is 0 Å². The summed E-state index contributed by atoms with van der Waals surface area (Å²) < 4.78 is 5.88. The molecule has 3 heteroatoms. The molecule has 0 radical (unpaired) electrons. The number of aliphatic hydroxyl groups excluding tert-OH is 1. The molecular formula is C17H21NO2. The minimum Gasteiger partial charge on any atom is -0.455 e. The zero-order valence-corrected chi connectivity index (χ0v) is 12.3. The SMILES string of the molecule is CCc1nc(C)ccc1Oc1ccc([C@H](O)CC)cc1. The monoisotopic (exact) mass is 271 g/mol. The quantitative estimate of drug-likeness (QED) is 0.886. The van der Waals surface area contributed by atoms with Crippen LogP contribution >= 0.6 is 0 Å². The maximum atomic E-state index is 9.77. The van der Waals surface area contributed by atoms with Gasteiger partial charge in [-0.15, -0.1) is 0 Å². The molecule has 2 aromatic rings. The van der Waals surface area contributed by atoms with Gasteiger partial charge in [-0.3, -0.25) is 4.98 Å². The molecule has 0 aliphatic rings. The summed E-state index contributed by atoms with van der Waals surface area (Å²) in [5, 5.41) is 9.77. The summed E-state index contributed by atoms with van der Waals surface area (Å²) in [6.07, 6.45) is 1.14. The third-order valence-electron chi connectivity index (χ3n) is 3.29. The lowest BCUT2D eigenvalue weighted by molar-refractivity contribution is 0.173. The van der Waals surface area contributed by atoms with E-state index in [0.717, 1.165) is 34.9 Å². The smallest absolute Gasteiger partial charge is 0.148 e. The highest BCUT2D eigenvalue weighted by Gasteiger charge is 2.07. The first-order chi connectivity index (χ1) is 9.63. The fourth-order valence-corrected chi connectivity index (χ4v) is 2.06. The standard InChI is InChI=1S/C17H21NO2/c1-4-15-17(11-6-12(3)18-15)20-14-9-7-13(8-10-14)16(19)5-2/h6-11,16,19H,4-5H2,1-3H3/t16-/m1/s1. The molecule has 0 fully saturated rings. The number of nitrogens with zero attached hydrogens (tertiary/aromatic N) is 1. The first-order valence-corrected chi connectivity index (χ1v) is 7.06. The largest absolute Gasteiger partial charge is 0.455 e. The Kier molecular flexibility index (Phi) is 4.74. The van der Waals surface area contributed by atoms with Gasteiger partial charge in [0.15, 0.2) is 0 Å². The lowest BCUT2D eigenvalue weighted by Gasteiger charge is -2.12. The number of rotatable bonds is 5. The van der Waals surface area contributed by atoms with E-state index < -0.39 is 6.10 Å². The molecule has 1 N–H and O–H groups in total. The summed E-state index contributed by atoms with van der Waals surface area (Å²) >= 11 is 0. The van der Waals surface area contributed by atoms with Gasteiger partial charge in [0.05, 0.1) is 11.8 Å². The van der Waals surface area contributed by atoms with Crippen LogP contribution in [0, 0.1) is 6.92 Å². The predicted molar refractivity (Wildman–Crippen MR) is 80.1 cm³/mol. The van der Waals surface area contributed by atoms with Crippen molar-refractivity contribution in [1.82, 2.24) is 4.98 Å². The molecular weight excluding hydrogens is 250 g/mol. The van der Waals surface area contributed by atoms with Crippen LogP contribution in [-0.2, 0) is 6.42 Å². The zero-order valence-electron chi connectivity index (χ0n) is 12.3. The molecule has 0 aliphatic heterocycles. The van der Waals surface area contributed by atoms with E-state index in [1.165, 1.54) is 0 Å². The second kappa shape index (κ2) is 6.53. The van der Waals surface area contributed by atoms with Crippen molar-refractivity contribution in [2.75, 3.05) is 0 Å². The second-order valence-corrected chi connectivity index (χ2v) is 4.85. The summed E-state index contributed by atoms with van der Waals surface area (Å²) in [5.74, 6) is 1.55. The Hall–Kier alpha value is -1.87. The van der Waals surface area contributed by atoms with Gasteiger partial charge in [0, 0.05) is 5.69 Å². The van der Waals surface area contributed by atoms with E-state index in [0.29, 0.717) is 6.42 Å². The molecule has 0 spiro atoms. The third-order valence-corrected chi connectivity index (χ3v) is 3.29. The molecule has 1 aromatic carbocycles. The highest BCUT2D eigenvalue weighted by atomic mass is 16.5. The van der Waals surface area contributed by atoms with Crippen LogP contribution in [0.5, 0.6) is 11.5 Å². The first-order valence-electron chi connectivity index (χ1n) is 7.06. The van der Waals surface area contributed by atoms with Crippen LogP contribution < -0.4 is 4.74 Å².